The number of aryl methyl sites for hydroxylation is 2. The minimum absolute atomic E-state index is 0.0558. The Bertz CT molecular complexity index is 1010. The van der Waals surface area contributed by atoms with Gasteiger partial charge in [0.1, 0.15) is 23.5 Å². The average Bonchev–Trinajstić information content (AvgIpc) is 3.11. The van der Waals surface area contributed by atoms with Gasteiger partial charge in [-0.3, -0.25) is 4.79 Å². The number of carbonyl (C=O) groups is 1. The Morgan fingerprint density at radius 2 is 1.79 bits per heavy atom. The van der Waals surface area contributed by atoms with Gasteiger partial charge in [-0.25, -0.2) is 22.5 Å². The van der Waals surface area contributed by atoms with Gasteiger partial charge in [-0.05, 0) is 44.9 Å². The van der Waals surface area contributed by atoms with Crippen LogP contribution in [0.15, 0.2) is 0 Å². The van der Waals surface area contributed by atoms with Crippen LogP contribution in [0.4, 0.5) is 22.0 Å². The van der Waals surface area contributed by atoms with E-state index in [-0.39, 0.29) is 23.6 Å². The number of amides is 1. The zero-order valence-corrected chi connectivity index (χ0v) is 19.5. The highest BCUT2D eigenvalue weighted by molar-refractivity contribution is 5.79. The van der Waals surface area contributed by atoms with Crippen LogP contribution in [-0.2, 0) is 23.0 Å². The lowest BCUT2D eigenvalue weighted by atomic mass is 9.84. The zero-order valence-electron chi connectivity index (χ0n) is 19.5. The molecule has 0 bridgehead atoms. The Kier molecular flexibility index (Phi) is 8.72. The lowest BCUT2D eigenvalue weighted by Gasteiger charge is -2.29. The molecule has 34 heavy (non-hydrogen) atoms. The summed E-state index contributed by atoms with van der Waals surface area (Å²) in [6.45, 7) is 2.55. The number of imidazole rings is 1. The predicted octanol–water partition coefficient (Wildman–Crippen LogP) is 4.67. The number of carbonyl (C=O) groups excluding carboxylic acids is 1. The Morgan fingerprint density at radius 3 is 2.41 bits per heavy atom. The summed E-state index contributed by atoms with van der Waals surface area (Å²) >= 11 is 0. The van der Waals surface area contributed by atoms with Crippen LogP contribution >= 0.6 is 0 Å². The van der Waals surface area contributed by atoms with Crippen molar-refractivity contribution >= 4 is 16.9 Å². The van der Waals surface area contributed by atoms with Crippen molar-refractivity contribution in [1.82, 2.24) is 14.9 Å². The summed E-state index contributed by atoms with van der Waals surface area (Å²) in [5.74, 6) is -4.84. The van der Waals surface area contributed by atoms with Gasteiger partial charge in [-0.15, -0.1) is 0 Å². The fraction of sp³-hybridized carbons (Fsp3) is 0.652. The van der Waals surface area contributed by atoms with E-state index in [9.17, 15) is 26.7 Å². The van der Waals surface area contributed by atoms with Crippen LogP contribution in [-0.4, -0.2) is 47.2 Å². The first-order valence-corrected chi connectivity index (χ1v) is 11.4. The normalized spacial score (nSPS) is 19.6. The van der Waals surface area contributed by atoms with Gasteiger partial charge in [0.15, 0.2) is 17.4 Å². The number of alkyl halides is 2. The van der Waals surface area contributed by atoms with Crippen LogP contribution in [0.1, 0.15) is 51.8 Å². The van der Waals surface area contributed by atoms with Crippen LogP contribution in [0.3, 0.4) is 0 Å². The molecule has 1 amide bonds. The molecule has 0 spiro atoms. The molecule has 1 aliphatic rings. The fourth-order valence-corrected chi connectivity index (χ4v) is 4.44. The molecule has 3 rings (SSSR count). The molecule has 0 unspecified atom stereocenters. The molecule has 1 saturated carbocycles. The van der Waals surface area contributed by atoms with Crippen molar-refractivity contribution in [3.63, 3.8) is 0 Å². The summed E-state index contributed by atoms with van der Waals surface area (Å²) in [5.41, 5.74) is -0.800. The van der Waals surface area contributed by atoms with E-state index in [1.165, 1.54) is 18.5 Å². The summed E-state index contributed by atoms with van der Waals surface area (Å²) in [6, 6.07) is -0.0558. The SMILES string of the molecule is CC(=O)N[C@@H](C)CO[C@H]1CC[C@H](CCc2nc3c(F)c(F)c(OCC(F)F)c(F)c3n2C)CC1. The second kappa shape index (κ2) is 11.3. The molecule has 190 valence electrons. The summed E-state index contributed by atoms with van der Waals surface area (Å²) < 4.78 is 80.0. The Labute approximate surface area is 194 Å². The smallest absolute Gasteiger partial charge is 0.272 e. The first kappa shape index (κ1) is 26.2. The van der Waals surface area contributed by atoms with Gasteiger partial charge >= 0.3 is 0 Å². The topological polar surface area (TPSA) is 65.4 Å². The van der Waals surface area contributed by atoms with Gasteiger partial charge in [0.2, 0.25) is 11.7 Å². The maximum absolute atomic E-state index is 14.8. The van der Waals surface area contributed by atoms with Crippen molar-refractivity contribution in [2.45, 2.75) is 70.9 Å². The van der Waals surface area contributed by atoms with E-state index in [0.29, 0.717) is 24.8 Å². The minimum Gasteiger partial charge on any atom is -0.481 e. The van der Waals surface area contributed by atoms with E-state index < -0.39 is 41.8 Å². The van der Waals surface area contributed by atoms with Gasteiger partial charge in [0, 0.05) is 26.4 Å². The van der Waals surface area contributed by atoms with Crippen LogP contribution in [0.2, 0.25) is 0 Å². The van der Waals surface area contributed by atoms with Crippen molar-refractivity contribution in [3.8, 4) is 5.75 Å². The monoisotopic (exact) mass is 491 g/mol. The van der Waals surface area contributed by atoms with Crippen LogP contribution in [0, 0.1) is 23.4 Å². The second-order valence-electron chi connectivity index (χ2n) is 8.87. The number of benzene rings is 1. The van der Waals surface area contributed by atoms with E-state index in [4.69, 9.17) is 4.74 Å². The maximum atomic E-state index is 14.8. The molecule has 6 nitrogen and oxygen atoms in total. The highest BCUT2D eigenvalue weighted by atomic mass is 19.3. The number of hydrogen-bond donors (Lipinski definition) is 1. The fourth-order valence-electron chi connectivity index (χ4n) is 4.44. The third-order valence-electron chi connectivity index (χ3n) is 6.15. The van der Waals surface area contributed by atoms with Crippen molar-refractivity contribution in [2.24, 2.45) is 13.0 Å². The first-order chi connectivity index (χ1) is 16.1. The van der Waals surface area contributed by atoms with Crippen molar-refractivity contribution in [2.75, 3.05) is 13.2 Å². The number of fused-ring (bicyclic) bond motifs is 1. The molecule has 0 aliphatic heterocycles. The van der Waals surface area contributed by atoms with Gasteiger partial charge in [0.25, 0.3) is 6.43 Å². The first-order valence-electron chi connectivity index (χ1n) is 11.4. The maximum Gasteiger partial charge on any atom is 0.272 e. The molecule has 0 radical (unpaired) electrons. The Hall–Kier alpha value is -2.43. The molecular formula is C23H30F5N3O3. The van der Waals surface area contributed by atoms with Crippen molar-refractivity contribution in [1.29, 1.82) is 0 Å². The van der Waals surface area contributed by atoms with Crippen molar-refractivity contribution in [3.05, 3.63) is 23.3 Å². The number of halogens is 5. The van der Waals surface area contributed by atoms with Crippen molar-refractivity contribution < 1.29 is 36.2 Å². The van der Waals surface area contributed by atoms with E-state index in [1.54, 1.807) is 0 Å². The summed E-state index contributed by atoms with van der Waals surface area (Å²) in [6.07, 6.45) is 1.92. The van der Waals surface area contributed by atoms with Gasteiger partial charge in [-0.2, -0.15) is 4.39 Å². The summed E-state index contributed by atoms with van der Waals surface area (Å²) in [7, 11) is 1.48. The number of rotatable bonds is 10. The van der Waals surface area contributed by atoms with Crippen LogP contribution in [0.5, 0.6) is 5.75 Å². The number of hydrogen-bond acceptors (Lipinski definition) is 4. The van der Waals surface area contributed by atoms with Crippen LogP contribution in [0.25, 0.3) is 11.0 Å². The van der Waals surface area contributed by atoms with E-state index in [2.05, 4.69) is 15.0 Å². The number of nitrogens with one attached hydrogen (secondary N) is 1. The van der Waals surface area contributed by atoms with Gasteiger partial charge < -0.3 is 19.4 Å². The molecule has 0 saturated heterocycles. The number of nitrogens with zero attached hydrogens (tertiary/aromatic N) is 2. The van der Waals surface area contributed by atoms with E-state index in [0.717, 1.165) is 32.1 Å². The summed E-state index contributed by atoms with van der Waals surface area (Å²) in [4.78, 5) is 15.2. The number of aromatic nitrogens is 2. The molecule has 1 N–H and O–H groups in total. The molecule has 1 aromatic heterocycles. The lowest BCUT2D eigenvalue weighted by molar-refractivity contribution is -0.120. The van der Waals surface area contributed by atoms with E-state index >= 15 is 0 Å². The minimum atomic E-state index is -2.96. The standard InChI is InChI=1S/C23H30F5N3O3/c1-12(29-13(2)32)10-33-15-7-4-14(5-8-15)6-9-17-30-21-18(26)19(27)23(34-11-16(24)25)20(28)22(21)31(17)3/h12,14-16H,4-11H2,1-3H3,(H,29,32)/t12-,14-,15-/m0/s1. The van der Waals surface area contributed by atoms with E-state index in [1.807, 2.05) is 6.92 Å². The third-order valence-corrected chi connectivity index (χ3v) is 6.15. The lowest BCUT2D eigenvalue weighted by Crippen LogP contribution is -2.36. The largest absolute Gasteiger partial charge is 0.481 e. The summed E-state index contributed by atoms with van der Waals surface area (Å²) in [5, 5.41) is 2.78. The Balaban J connectivity index is 1.60. The molecule has 1 atom stereocenters. The highest BCUT2D eigenvalue weighted by Gasteiger charge is 2.28. The average molecular weight is 492 g/mol. The molecular weight excluding hydrogens is 461 g/mol. The number of ether oxygens (including phenoxy) is 2. The molecule has 1 fully saturated rings. The van der Waals surface area contributed by atoms with Gasteiger partial charge in [-0.1, -0.05) is 0 Å². The molecule has 1 aromatic carbocycles. The molecule has 1 aliphatic carbocycles. The molecule has 1 heterocycles. The predicted molar refractivity (Wildman–Crippen MR) is 115 cm³/mol. The molecule has 11 heteroatoms. The zero-order chi connectivity index (χ0) is 25.0. The third kappa shape index (κ3) is 6.17. The quantitative estimate of drug-likeness (QED) is 0.388. The molecule has 2 aromatic rings. The van der Waals surface area contributed by atoms with Crippen LogP contribution < -0.4 is 10.1 Å². The van der Waals surface area contributed by atoms with Gasteiger partial charge in [0.05, 0.1) is 12.7 Å². The second-order valence-corrected chi connectivity index (χ2v) is 8.87. The highest BCUT2D eigenvalue weighted by Crippen LogP contribution is 2.34. The Morgan fingerprint density at radius 1 is 1.12 bits per heavy atom.